The number of likely N-dealkylation sites (N-methyl/N-ethyl adjacent to an activating group) is 1. The highest BCUT2D eigenvalue weighted by atomic mass is 32.2. The molecule has 33 heavy (non-hydrogen) atoms. The second kappa shape index (κ2) is 9.42. The van der Waals surface area contributed by atoms with Gasteiger partial charge in [0.1, 0.15) is 11.6 Å². The molecule has 1 heterocycles. The third-order valence-corrected chi connectivity index (χ3v) is 7.75. The van der Waals surface area contributed by atoms with Gasteiger partial charge in [-0.15, -0.1) is 0 Å². The van der Waals surface area contributed by atoms with E-state index in [1.165, 1.54) is 12.1 Å². The average molecular weight is 477 g/mol. The standard InChI is InChI=1S/C24H29FN2O5S/c1-3-27(4-2)11-5-6-15-12-17(25)7-10-21(15)33(30,31)26-20-9-8-18-19-13-16(19)14-32-23(18)22(20)24(28)29/h5-10,12,16,19,24,26,28-29H,3-4,11,13-14H2,1-2H3. The summed E-state index contributed by atoms with van der Waals surface area (Å²) in [4.78, 5) is 2.02. The molecule has 3 N–H and O–H groups in total. The fourth-order valence-corrected chi connectivity index (χ4v) is 5.58. The van der Waals surface area contributed by atoms with Crippen LogP contribution in [0.4, 0.5) is 10.1 Å². The summed E-state index contributed by atoms with van der Waals surface area (Å²) < 4.78 is 48.7. The molecule has 1 aliphatic heterocycles. The predicted octanol–water partition coefficient (Wildman–Crippen LogP) is 3.46. The van der Waals surface area contributed by atoms with Crippen molar-refractivity contribution >= 4 is 21.8 Å². The van der Waals surface area contributed by atoms with E-state index in [1.807, 2.05) is 13.8 Å². The van der Waals surface area contributed by atoms with Gasteiger partial charge in [0.15, 0.2) is 6.29 Å². The number of halogens is 1. The first kappa shape index (κ1) is 23.7. The van der Waals surface area contributed by atoms with Crippen molar-refractivity contribution in [1.29, 1.82) is 0 Å². The molecule has 1 saturated carbocycles. The number of hydrogen-bond donors (Lipinski definition) is 3. The Morgan fingerprint density at radius 3 is 2.70 bits per heavy atom. The third kappa shape index (κ3) is 4.91. The minimum atomic E-state index is -4.17. The first-order valence-corrected chi connectivity index (χ1v) is 12.6. The van der Waals surface area contributed by atoms with Crippen LogP contribution in [-0.4, -0.2) is 49.8 Å². The second-order valence-electron chi connectivity index (χ2n) is 8.41. The molecule has 2 aromatic rings. The lowest BCUT2D eigenvalue weighted by Crippen LogP contribution is -2.22. The van der Waals surface area contributed by atoms with Gasteiger partial charge in [-0.25, -0.2) is 12.8 Å². The molecule has 2 unspecified atom stereocenters. The zero-order chi connectivity index (χ0) is 23.8. The van der Waals surface area contributed by atoms with Crippen LogP contribution in [-0.2, 0) is 10.0 Å². The van der Waals surface area contributed by atoms with E-state index >= 15 is 0 Å². The quantitative estimate of drug-likeness (QED) is 0.480. The summed E-state index contributed by atoms with van der Waals surface area (Å²) in [6.45, 7) is 6.79. The van der Waals surface area contributed by atoms with E-state index in [0.29, 0.717) is 30.7 Å². The molecule has 1 aliphatic carbocycles. The molecule has 0 aromatic heterocycles. The number of nitrogens with zero attached hydrogens (tertiary/aromatic N) is 1. The van der Waals surface area contributed by atoms with Crippen molar-refractivity contribution in [1.82, 2.24) is 4.90 Å². The molecule has 0 amide bonds. The van der Waals surface area contributed by atoms with Gasteiger partial charge in [0.2, 0.25) is 0 Å². The lowest BCUT2D eigenvalue weighted by molar-refractivity contribution is -0.0438. The first-order valence-electron chi connectivity index (χ1n) is 11.1. The maximum Gasteiger partial charge on any atom is 0.262 e. The number of benzene rings is 2. The molecule has 0 spiro atoms. The Bertz CT molecular complexity index is 1160. The van der Waals surface area contributed by atoms with E-state index in [-0.39, 0.29) is 21.7 Å². The SMILES string of the molecule is CCN(CC)CC=Cc1cc(F)ccc1S(=O)(=O)Nc1ccc2c(c1C(O)O)OCC1CC21. The largest absolute Gasteiger partial charge is 0.492 e. The van der Waals surface area contributed by atoms with Gasteiger partial charge in [0.25, 0.3) is 10.0 Å². The maximum atomic E-state index is 13.9. The first-order chi connectivity index (χ1) is 15.7. The highest BCUT2D eigenvalue weighted by molar-refractivity contribution is 7.92. The van der Waals surface area contributed by atoms with Crippen molar-refractivity contribution in [3.05, 3.63) is 58.9 Å². The number of hydrogen-bond acceptors (Lipinski definition) is 6. The minimum Gasteiger partial charge on any atom is -0.492 e. The van der Waals surface area contributed by atoms with E-state index < -0.39 is 22.1 Å². The fourth-order valence-electron chi connectivity index (χ4n) is 4.32. The number of sulfonamides is 1. The van der Waals surface area contributed by atoms with Crippen molar-refractivity contribution < 1.29 is 27.8 Å². The van der Waals surface area contributed by atoms with Crippen LogP contribution in [0, 0.1) is 11.7 Å². The molecule has 2 aliphatic rings. The van der Waals surface area contributed by atoms with Crippen LogP contribution in [0.5, 0.6) is 5.75 Å². The van der Waals surface area contributed by atoms with Gasteiger partial charge in [0.05, 0.1) is 22.8 Å². The maximum absolute atomic E-state index is 13.9. The van der Waals surface area contributed by atoms with Crippen LogP contribution in [0.15, 0.2) is 41.3 Å². The predicted molar refractivity (Wildman–Crippen MR) is 124 cm³/mol. The van der Waals surface area contributed by atoms with E-state index in [2.05, 4.69) is 9.62 Å². The van der Waals surface area contributed by atoms with Crippen LogP contribution < -0.4 is 9.46 Å². The van der Waals surface area contributed by atoms with Gasteiger partial charge in [-0.2, -0.15) is 0 Å². The van der Waals surface area contributed by atoms with Gasteiger partial charge in [-0.1, -0.05) is 32.1 Å². The summed E-state index contributed by atoms with van der Waals surface area (Å²) in [6, 6.07) is 6.74. The number of nitrogens with one attached hydrogen (secondary N) is 1. The van der Waals surface area contributed by atoms with Crippen LogP contribution >= 0.6 is 0 Å². The molecule has 9 heteroatoms. The molecule has 7 nitrogen and oxygen atoms in total. The van der Waals surface area contributed by atoms with Gasteiger partial charge in [-0.3, -0.25) is 4.72 Å². The van der Waals surface area contributed by atoms with Crippen molar-refractivity contribution in [2.45, 2.75) is 37.4 Å². The zero-order valence-electron chi connectivity index (χ0n) is 18.7. The molecule has 0 saturated heterocycles. The molecule has 0 radical (unpaired) electrons. The highest BCUT2D eigenvalue weighted by Crippen LogP contribution is 2.56. The van der Waals surface area contributed by atoms with Crippen molar-refractivity contribution in [3.63, 3.8) is 0 Å². The molecule has 2 atom stereocenters. The monoisotopic (exact) mass is 476 g/mol. The number of aliphatic hydroxyl groups excluding tert-OH is 1. The van der Waals surface area contributed by atoms with Gasteiger partial charge >= 0.3 is 0 Å². The summed E-state index contributed by atoms with van der Waals surface area (Å²) in [6.07, 6.45) is 2.43. The average Bonchev–Trinajstić information content (AvgIpc) is 3.56. The van der Waals surface area contributed by atoms with Gasteiger partial charge in [0, 0.05) is 12.5 Å². The normalized spacial score (nSPS) is 19.5. The Morgan fingerprint density at radius 2 is 2.00 bits per heavy atom. The van der Waals surface area contributed by atoms with E-state index in [0.717, 1.165) is 37.2 Å². The molecule has 4 rings (SSSR count). The number of aliphatic hydroxyl groups is 2. The number of ether oxygens (including phenoxy) is 1. The molecular formula is C24H29FN2O5S. The topological polar surface area (TPSA) is 99.1 Å². The molecule has 2 aromatic carbocycles. The van der Waals surface area contributed by atoms with Crippen molar-refractivity contribution in [2.24, 2.45) is 5.92 Å². The lowest BCUT2D eigenvalue weighted by Gasteiger charge is -2.24. The van der Waals surface area contributed by atoms with Crippen LogP contribution in [0.1, 0.15) is 49.2 Å². The summed E-state index contributed by atoms with van der Waals surface area (Å²) in [5.41, 5.74) is 1.07. The van der Waals surface area contributed by atoms with Crippen molar-refractivity contribution in [3.8, 4) is 5.75 Å². The summed E-state index contributed by atoms with van der Waals surface area (Å²) in [5.74, 6) is 0.497. The van der Waals surface area contributed by atoms with E-state index in [4.69, 9.17) is 4.74 Å². The molecule has 0 bridgehead atoms. The number of fused-ring (bicyclic) bond motifs is 3. The fraction of sp³-hybridized carbons (Fsp3) is 0.417. The van der Waals surface area contributed by atoms with Gasteiger partial charge in [-0.05, 0) is 60.8 Å². The van der Waals surface area contributed by atoms with E-state index in [1.54, 1.807) is 18.2 Å². The highest BCUT2D eigenvalue weighted by Gasteiger charge is 2.45. The Kier molecular flexibility index (Phi) is 6.76. The Balaban J connectivity index is 1.67. The third-order valence-electron chi connectivity index (χ3n) is 6.31. The lowest BCUT2D eigenvalue weighted by atomic mass is 10.00. The summed E-state index contributed by atoms with van der Waals surface area (Å²) >= 11 is 0. The zero-order valence-corrected chi connectivity index (χ0v) is 19.5. The Labute approximate surface area is 193 Å². The Morgan fingerprint density at radius 1 is 1.24 bits per heavy atom. The second-order valence-corrected chi connectivity index (χ2v) is 10.1. The van der Waals surface area contributed by atoms with Crippen molar-refractivity contribution in [2.75, 3.05) is 31.0 Å². The number of rotatable bonds is 9. The molecular weight excluding hydrogens is 447 g/mol. The molecule has 178 valence electrons. The Hall–Kier alpha value is -2.46. The minimum absolute atomic E-state index is 0.0119. The van der Waals surface area contributed by atoms with Crippen LogP contribution in [0.3, 0.4) is 0 Å². The number of anilines is 1. The van der Waals surface area contributed by atoms with Crippen LogP contribution in [0.25, 0.3) is 6.08 Å². The molecule has 1 fully saturated rings. The van der Waals surface area contributed by atoms with Crippen LogP contribution in [0.2, 0.25) is 0 Å². The smallest absolute Gasteiger partial charge is 0.262 e. The summed E-state index contributed by atoms with van der Waals surface area (Å²) in [5, 5.41) is 20.0. The van der Waals surface area contributed by atoms with Gasteiger partial charge < -0.3 is 19.8 Å². The summed E-state index contributed by atoms with van der Waals surface area (Å²) in [7, 11) is -4.17. The van der Waals surface area contributed by atoms with E-state index in [9.17, 15) is 23.0 Å².